The van der Waals surface area contributed by atoms with Crippen LogP contribution in [0, 0.1) is 5.92 Å². The lowest BCUT2D eigenvalue weighted by molar-refractivity contribution is -0.0452. The average molecular weight is 414 g/mol. The molecular weight excluding hydrogens is 392 g/mol. The van der Waals surface area contributed by atoms with Crippen molar-refractivity contribution in [2.45, 2.75) is 38.2 Å². The fourth-order valence-electron chi connectivity index (χ4n) is 3.59. The van der Waals surface area contributed by atoms with E-state index in [9.17, 15) is 18.4 Å². The molecule has 0 atom stereocenters. The summed E-state index contributed by atoms with van der Waals surface area (Å²) in [6.45, 7) is 0.865. The second-order valence-electron chi connectivity index (χ2n) is 7.11. The first kappa shape index (κ1) is 20.4. The van der Waals surface area contributed by atoms with E-state index in [0.717, 1.165) is 5.52 Å². The van der Waals surface area contributed by atoms with Crippen LogP contribution in [0.15, 0.2) is 24.4 Å². The van der Waals surface area contributed by atoms with Gasteiger partial charge in [-0.3, -0.25) is 4.79 Å². The Morgan fingerprint density at radius 2 is 1.96 bits per heavy atom. The minimum Gasteiger partial charge on any atom is -0.465 e. The molecule has 0 saturated heterocycles. The van der Waals surface area contributed by atoms with E-state index in [1.165, 1.54) is 0 Å². The van der Waals surface area contributed by atoms with Gasteiger partial charge in [0.25, 0.3) is 5.91 Å². The summed E-state index contributed by atoms with van der Waals surface area (Å²) in [6, 6.07) is 5.25. The molecule has 1 aromatic carbocycles. The lowest BCUT2D eigenvalue weighted by Gasteiger charge is -2.28. The number of alkyl halides is 2. The highest BCUT2D eigenvalue weighted by Gasteiger charge is 2.34. The van der Waals surface area contributed by atoms with Gasteiger partial charge in [0, 0.05) is 44.1 Å². The molecule has 2 aromatic rings. The van der Waals surface area contributed by atoms with Gasteiger partial charge in [-0.2, -0.15) is 0 Å². The third-order valence-electron chi connectivity index (χ3n) is 5.12. The summed E-state index contributed by atoms with van der Waals surface area (Å²) in [5.74, 6) is -2.88. The van der Waals surface area contributed by atoms with Gasteiger partial charge in [-0.05, 0) is 30.9 Å². The molecule has 1 heterocycles. The zero-order valence-corrected chi connectivity index (χ0v) is 15.9. The van der Waals surface area contributed by atoms with E-state index in [0.29, 0.717) is 41.9 Å². The monoisotopic (exact) mass is 413 g/mol. The number of fused-ring (bicyclic) bond motifs is 1. The van der Waals surface area contributed by atoms with Crippen molar-refractivity contribution in [2.75, 3.05) is 13.1 Å². The molecule has 0 bridgehead atoms. The van der Waals surface area contributed by atoms with Gasteiger partial charge in [0.05, 0.1) is 16.1 Å². The zero-order valence-electron chi connectivity index (χ0n) is 15.2. The van der Waals surface area contributed by atoms with E-state index >= 15 is 0 Å². The van der Waals surface area contributed by atoms with Crippen LogP contribution in [-0.2, 0) is 6.54 Å². The number of amides is 2. The van der Waals surface area contributed by atoms with Crippen LogP contribution in [0.1, 0.15) is 36.0 Å². The molecule has 0 aliphatic heterocycles. The minimum absolute atomic E-state index is 0.0344. The summed E-state index contributed by atoms with van der Waals surface area (Å²) in [6.07, 6.45) is 1.01. The molecule has 1 saturated carbocycles. The fraction of sp³-hybridized carbons (Fsp3) is 0.474. The number of carbonyl (C=O) groups is 2. The Labute approximate surface area is 165 Å². The first-order chi connectivity index (χ1) is 13.3. The molecule has 152 valence electrons. The third-order valence-corrected chi connectivity index (χ3v) is 5.43. The molecule has 1 aromatic heterocycles. The summed E-state index contributed by atoms with van der Waals surface area (Å²) in [5, 5.41) is 14.9. The molecular formula is C19H22ClF2N3O3. The Hall–Kier alpha value is -2.35. The second kappa shape index (κ2) is 8.34. The number of halogens is 3. The summed E-state index contributed by atoms with van der Waals surface area (Å²) in [5.41, 5.74) is 1.11. The van der Waals surface area contributed by atoms with Crippen LogP contribution in [0.3, 0.4) is 0 Å². The van der Waals surface area contributed by atoms with Crippen LogP contribution in [0.2, 0.25) is 5.02 Å². The highest BCUT2D eigenvalue weighted by molar-refractivity contribution is 6.36. The van der Waals surface area contributed by atoms with E-state index in [-0.39, 0.29) is 31.2 Å². The van der Waals surface area contributed by atoms with Gasteiger partial charge >= 0.3 is 6.09 Å². The van der Waals surface area contributed by atoms with Crippen LogP contribution in [-0.4, -0.2) is 40.7 Å². The van der Waals surface area contributed by atoms with Crippen LogP contribution in [0.5, 0.6) is 0 Å². The normalized spacial score (nSPS) is 16.8. The van der Waals surface area contributed by atoms with Gasteiger partial charge in [-0.15, -0.1) is 0 Å². The van der Waals surface area contributed by atoms with E-state index in [1.54, 1.807) is 22.9 Å². The SMILES string of the molecule is O=C(O)NCCn1cc(C(=O)NCC2CCC(F)(F)CC2)c2c(Cl)cccc21. The highest BCUT2D eigenvalue weighted by atomic mass is 35.5. The van der Waals surface area contributed by atoms with Crippen LogP contribution >= 0.6 is 11.6 Å². The van der Waals surface area contributed by atoms with Gasteiger partial charge < -0.3 is 20.3 Å². The number of carboxylic acid groups (broad SMARTS) is 1. The number of rotatable bonds is 6. The summed E-state index contributed by atoms with van der Waals surface area (Å²) in [7, 11) is 0. The summed E-state index contributed by atoms with van der Waals surface area (Å²) >= 11 is 6.30. The molecule has 0 radical (unpaired) electrons. The Kier molecular flexibility index (Phi) is 6.07. The molecule has 28 heavy (non-hydrogen) atoms. The Morgan fingerprint density at radius 3 is 2.64 bits per heavy atom. The number of aromatic nitrogens is 1. The molecule has 3 rings (SSSR count). The Balaban J connectivity index is 1.72. The number of nitrogens with one attached hydrogen (secondary N) is 2. The van der Waals surface area contributed by atoms with Crippen molar-refractivity contribution < 1.29 is 23.5 Å². The van der Waals surface area contributed by atoms with Gasteiger partial charge in [0.1, 0.15) is 0 Å². The molecule has 1 aliphatic carbocycles. The largest absolute Gasteiger partial charge is 0.465 e. The topological polar surface area (TPSA) is 83.4 Å². The molecule has 0 unspecified atom stereocenters. The Bertz CT molecular complexity index is 875. The van der Waals surface area contributed by atoms with Crippen molar-refractivity contribution >= 4 is 34.5 Å². The lowest BCUT2D eigenvalue weighted by atomic mass is 9.87. The highest BCUT2D eigenvalue weighted by Crippen LogP contribution is 2.36. The standard InChI is InChI=1S/C19H22ClF2N3O3/c20-14-2-1-3-15-16(14)13(11-25(15)9-8-23-18(27)28)17(26)24-10-12-4-6-19(21,22)7-5-12/h1-3,11-12,23H,4-10H2,(H,24,26)(H,27,28). The number of hydrogen-bond donors (Lipinski definition) is 3. The van der Waals surface area contributed by atoms with Crippen LogP contribution in [0.25, 0.3) is 10.9 Å². The first-order valence-corrected chi connectivity index (χ1v) is 9.55. The molecule has 2 amide bonds. The van der Waals surface area contributed by atoms with Gasteiger partial charge in [-0.25, -0.2) is 13.6 Å². The molecule has 9 heteroatoms. The number of benzene rings is 1. The maximum absolute atomic E-state index is 13.3. The Morgan fingerprint density at radius 1 is 1.25 bits per heavy atom. The van der Waals surface area contributed by atoms with E-state index in [4.69, 9.17) is 16.7 Å². The zero-order chi connectivity index (χ0) is 20.3. The predicted octanol–water partition coefficient (Wildman–Crippen LogP) is 4.12. The number of nitrogens with zero attached hydrogens (tertiary/aromatic N) is 1. The van der Waals surface area contributed by atoms with Gasteiger partial charge in [-0.1, -0.05) is 17.7 Å². The summed E-state index contributed by atoms with van der Waals surface area (Å²) in [4.78, 5) is 23.4. The maximum Gasteiger partial charge on any atom is 0.404 e. The number of hydrogen-bond acceptors (Lipinski definition) is 2. The average Bonchev–Trinajstić information content (AvgIpc) is 3.00. The van der Waals surface area contributed by atoms with E-state index < -0.39 is 12.0 Å². The van der Waals surface area contributed by atoms with Crippen molar-refractivity contribution in [3.05, 3.63) is 35.0 Å². The second-order valence-corrected chi connectivity index (χ2v) is 7.52. The lowest BCUT2D eigenvalue weighted by Crippen LogP contribution is -2.33. The van der Waals surface area contributed by atoms with Crippen molar-refractivity contribution in [3.8, 4) is 0 Å². The minimum atomic E-state index is -2.59. The molecule has 3 N–H and O–H groups in total. The third kappa shape index (κ3) is 4.73. The maximum atomic E-state index is 13.3. The van der Waals surface area contributed by atoms with Crippen molar-refractivity contribution in [2.24, 2.45) is 5.92 Å². The molecule has 1 aliphatic rings. The van der Waals surface area contributed by atoms with E-state index in [2.05, 4.69) is 10.6 Å². The van der Waals surface area contributed by atoms with Crippen molar-refractivity contribution in [3.63, 3.8) is 0 Å². The van der Waals surface area contributed by atoms with Crippen LogP contribution in [0.4, 0.5) is 13.6 Å². The van der Waals surface area contributed by atoms with Crippen LogP contribution < -0.4 is 10.6 Å². The van der Waals surface area contributed by atoms with Crippen molar-refractivity contribution in [1.82, 2.24) is 15.2 Å². The first-order valence-electron chi connectivity index (χ1n) is 9.17. The molecule has 0 spiro atoms. The summed E-state index contributed by atoms with van der Waals surface area (Å²) < 4.78 is 28.3. The quantitative estimate of drug-likeness (QED) is 0.666. The van der Waals surface area contributed by atoms with Gasteiger partial charge in [0.15, 0.2) is 0 Å². The van der Waals surface area contributed by atoms with Crippen molar-refractivity contribution in [1.29, 1.82) is 0 Å². The van der Waals surface area contributed by atoms with Gasteiger partial charge in [0.2, 0.25) is 5.92 Å². The molecule has 6 nitrogen and oxygen atoms in total. The fourth-order valence-corrected chi connectivity index (χ4v) is 3.86. The van der Waals surface area contributed by atoms with E-state index in [1.807, 2.05) is 6.07 Å². The predicted molar refractivity (Wildman–Crippen MR) is 102 cm³/mol. The number of carbonyl (C=O) groups excluding carboxylic acids is 1. The molecule has 1 fully saturated rings. The smallest absolute Gasteiger partial charge is 0.404 e.